The Kier molecular flexibility index (Phi) is 5.52. The number of aromatic nitrogens is 1. The summed E-state index contributed by atoms with van der Waals surface area (Å²) in [5.41, 5.74) is 3.04. The second kappa shape index (κ2) is 8.61. The van der Waals surface area contributed by atoms with E-state index in [1.54, 1.807) is 24.2 Å². The Morgan fingerprint density at radius 3 is 2.56 bits per heavy atom. The molecule has 2 aliphatic rings. The number of nitrogens with one attached hydrogen (secondary N) is 1. The first kappa shape index (κ1) is 20.5. The molecule has 1 saturated heterocycles. The van der Waals surface area contributed by atoms with Crippen molar-refractivity contribution in [1.82, 2.24) is 4.98 Å². The molecule has 2 amide bonds. The van der Waals surface area contributed by atoms with Crippen molar-refractivity contribution in [3.63, 3.8) is 0 Å². The van der Waals surface area contributed by atoms with Crippen LogP contribution < -0.4 is 15.1 Å². The highest BCUT2D eigenvalue weighted by molar-refractivity contribution is 6.14. The van der Waals surface area contributed by atoms with Crippen molar-refractivity contribution in [2.24, 2.45) is 5.92 Å². The van der Waals surface area contributed by atoms with Gasteiger partial charge in [0.1, 0.15) is 0 Å². The lowest BCUT2D eigenvalue weighted by molar-refractivity contribution is -0.119. The third kappa shape index (κ3) is 3.93. The number of piperidine rings is 1. The first-order chi connectivity index (χ1) is 15.6. The standard InChI is InChI=1S/C26H28N4O2/c1-29(26(32)18-9-10-18)23-8-4-3-7-20(23)25(31)28-22-11-12-24(30-15-5-2-6-16-30)19-13-14-27-17-21(19)22/h3-4,7-8,11-14,17-18H,2,5-6,9-10,15-16H2,1H3,(H,28,31). The van der Waals surface area contributed by atoms with Crippen LogP contribution in [-0.4, -0.2) is 36.9 Å². The van der Waals surface area contributed by atoms with E-state index in [4.69, 9.17) is 0 Å². The molecule has 1 aromatic heterocycles. The molecule has 1 saturated carbocycles. The average molecular weight is 429 g/mol. The van der Waals surface area contributed by atoms with E-state index < -0.39 is 0 Å². The highest BCUT2D eigenvalue weighted by Crippen LogP contribution is 2.35. The normalized spacial score (nSPS) is 16.1. The Morgan fingerprint density at radius 2 is 1.78 bits per heavy atom. The number of para-hydroxylation sites is 1. The van der Waals surface area contributed by atoms with Gasteiger partial charge in [0.05, 0.1) is 16.9 Å². The molecule has 1 aliphatic carbocycles. The molecule has 0 bridgehead atoms. The quantitative estimate of drug-likeness (QED) is 0.631. The van der Waals surface area contributed by atoms with Crippen LogP contribution in [0.3, 0.4) is 0 Å². The smallest absolute Gasteiger partial charge is 0.257 e. The highest BCUT2D eigenvalue weighted by atomic mass is 16.2. The fraction of sp³-hybridized carbons (Fsp3) is 0.346. The van der Waals surface area contributed by atoms with E-state index in [9.17, 15) is 9.59 Å². The summed E-state index contributed by atoms with van der Waals surface area (Å²) in [7, 11) is 1.75. The number of fused-ring (bicyclic) bond motifs is 1. The molecule has 2 fully saturated rings. The van der Waals surface area contributed by atoms with E-state index in [1.807, 2.05) is 36.5 Å². The van der Waals surface area contributed by atoms with E-state index in [0.29, 0.717) is 11.3 Å². The third-order valence-corrected chi connectivity index (χ3v) is 6.51. The van der Waals surface area contributed by atoms with Gasteiger partial charge in [0.15, 0.2) is 0 Å². The summed E-state index contributed by atoms with van der Waals surface area (Å²) in [6.45, 7) is 2.11. The predicted octanol–water partition coefficient (Wildman–Crippen LogP) is 4.85. The molecule has 1 aliphatic heterocycles. The van der Waals surface area contributed by atoms with Crippen LogP contribution in [0.25, 0.3) is 10.8 Å². The van der Waals surface area contributed by atoms with Crippen molar-refractivity contribution in [3.8, 4) is 0 Å². The summed E-state index contributed by atoms with van der Waals surface area (Å²) >= 11 is 0. The molecule has 2 aromatic carbocycles. The van der Waals surface area contributed by atoms with E-state index >= 15 is 0 Å². The molecular formula is C26H28N4O2. The van der Waals surface area contributed by atoms with Crippen molar-refractivity contribution >= 4 is 39.6 Å². The van der Waals surface area contributed by atoms with Gasteiger partial charge in [-0.25, -0.2) is 0 Å². The summed E-state index contributed by atoms with van der Waals surface area (Å²) in [6.07, 6.45) is 9.16. The van der Waals surface area contributed by atoms with Crippen LogP contribution in [0, 0.1) is 5.92 Å². The predicted molar refractivity (Wildman–Crippen MR) is 128 cm³/mol. The maximum atomic E-state index is 13.3. The number of pyridine rings is 1. The zero-order valence-electron chi connectivity index (χ0n) is 18.4. The van der Waals surface area contributed by atoms with Crippen LogP contribution in [-0.2, 0) is 4.79 Å². The number of hydrogen-bond acceptors (Lipinski definition) is 4. The van der Waals surface area contributed by atoms with E-state index in [1.165, 1.54) is 24.9 Å². The van der Waals surface area contributed by atoms with Crippen molar-refractivity contribution in [3.05, 3.63) is 60.4 Å². The number of amides is 2. The molecule has 1 N–H and O–H groups in total. The Morgan fingerprint density at radius 1 is 1.00 bits per heavy atom. The van der Waals surface area contributed by atoms with Gasteiger partial charge in [-0.1, -0.05) is 12.1 Å². The molecule has 6 nitrogen and oxygen atoms in total. The summed E-state index contributed by atoms with van der Waals surface area (Å²) in [6, 6.07) is 13.4. The molecule has 0 spiro atoms. The summed E-state index contributed by atoms with van der Waals surface area (Å²) < 4.78 is 0. The summed E-state index contributed by atoms with van der Waals surface area (Å²) in [5, 5.41) is 5.09. The minimum absolute atomic E-state index is 0.0748. The molecule has 2 heterocycles. The molecule has 6 heteroatoms. The summed E-state index contributed by atoms with van der Waals surface area (Å²) in [5.74, 6) is -0.0637. The molecule has 0 atom stereocenters. The van der Waals surface area contributed by atoms with E-state index in [-0.39, 0.29) is 17.7 Å². The first-order valence-electron chi connectivity index (χ1n) is 11.4. The SMILES string of the molecule is CN(C(=O)C1CC1)c1ccccc1C(=O)Nc1ccc(N2CCCCC2)c2ccncc12. The Labute approximate surface area is 188 Å². The van der Waals surface area contributed by atoms with Crippen molar-refractivity contribution < 1.29 is 9.59 Å². The zero-order valence-corrected chi connectivity index (χ0v) is 18.4. The van der Waals surface area contributed by atoms with Gasteiger partial charge in [0.25, 0.3) is 5.91 Å². The topological polar surface area (TPSA) is 65.5 Å². The van der Waals surface area contributed by atoms with Gasteiger partial charge >= 0.3 is 0 Å². The van der Waals surface area contributed by atoms with Gasteiger partial charge in [0.2, 0.25) is 5.91 Å². The van der Waals surface area contributed by atoms with Gasteiger partial charge in [-0.15, -0.1) is 0 Å². The number of anilines is 3. The maximum Gasteiger partial charge on any atom is 0.257 e. The zero-order chi connectivity index (χ0) is 22.1. The molecule has 0 unspecified atom stereocenters. The van der Waals surface area contributed by atoms with Gasteiger partial charge in [-0.2, -0.15) is 0 Å². The second-order valence-corrected chi connectivity index (χ2v) is 8.74. The fourth-order valence-electron chi connectivity index (χ4n) is 4.56. The van der Waals surface area contributed by atoms with Gasteiger partial charge in [0, 0.05) is 54.9 Å². The van der Waals surface area contributed by atoms with Crippen LogP contribution in [0.15, 0.2) is 54.9 Å². The van der Waals surface area contributed by atoms with Crippen molar-refractivity contribution in [2.45, 2.75) is 32.1 Å². The van der Waals surface area contributed by atoms with Crippen LogP contribution in [0.2, 0.25) is 0 Å². The van der Waals surface area contributed by atoms with Crippen molar-refractivity contribution in [1.29, 1.82) is 0 Å². The van der Waals surface area contributed by atoms with Crippen LogP contribution in [0.4, 0.5) is 17.1 Å². The molecule has 5 rings (SSSR count). The van der Waals surface area contributed by atoms with E-state index in [0.717, 1.165) is 42.4 Å². The van der Waals surface area contributed by atoms with Crippen LogP contribution in [0.5, 0.6) is 0 Å². The lowest BCUT2D eigenvalue weighted by Gasteiger charge is -2.30. The molecule has 3 aromatic rings. The largest absolute Gasteiger partial charge is 0.371 e. The number of rotatable bonds is 5. The first-order valence-corrected chi connectivity index (χ1v) is 11.4. The monoisotopic (exact) mass is 428 g/mol. The fourth-order valence-corrected chi connectivity index (χ4v) is 4.56. The summed E-state index contributed by atoms with van der Waals surface area (Å²) in [4.78, 5) is 34.2. The molecule has 164 valence electrons. The van der Waals surface area contributed by atoms with E-state index in [2.05, 4.69) is 21.3 Å². The third-order valence-electron chi connectivity index (χ3n) is 6.51. The lowest BCUT2D eigenvalue weighted by atomic mass is 10.0. The number of benzene rings is 2. The van der Waals surface area contributed by atoms with Gasteiger partial charge in [-0.05, 0) is 62.4 Å². The minimum Gasteiger partial charge on any atom is -0.371 e. The number of carbonyl (C=O) groups excluding carboxylic acids is 2. The highest BCUT2D eigenvalue weighted by Gasteiger charge is 2.33. The Balaban J connectivity index is 1.45. The van der Waals surface area contributed by atoms with Crippen LogP contribution >= 0.6 is 0 Å². The molecular weight excluding hydrogens is 400 g/mol. The molecule has 32 heavy (non-hydrogen) atoms. The number of nitrogens with zero attached hydrogens (tertiary/aromatic N) is 3. The van der Waals surface area contributed by atoms with Gasteiger partial charge < -0.3 is 15.1 Å². The minimum atomic E-state index is -0.230. The Hall–Kier alpha value is -3.41. The number of carbonyl (C=O) groups is 2. The molecule has 0 radical (unpaired) electrons. The van der Waals surface area contributed by atoms with Gasteiger partial charge in [-0.3, -0.25) is 14.6 Å². The lowest BCUT2D eigenvalue weighted by Crippen LogP contribution is -2.30. The van der Waals surface area contributed by atoms with Crippen molar-refractivity contribution in [2.75, 3.05) is 35.3 Å². The average Bonchev–Trinajstić information content (AvgIpc) is 3.69. The van der Waals surface area contributed by atoms with Crippen LogP contribution in [0.1, 0.15) is 42.5 Å². The maximum absolute atomic E-state index is 13.3. The Bertz CT molecular complexity index is 1170. The number of hydrogen-bond donors (Lipinski definition) is 1. The second-order valence-electron chi connectivity index (χ2n) is 8.74.